The van der Waals surface area contributed by atoms with Gasteiger partial charge in [0.15, 0.2) is 11.5 Å². The van der Waals surface area contributed by atoms with Crippen LogP contribution < -0.4 is 9.47 Å². The minimum absolute atomic E-state index is 0.0574. The molecule has 0 saturated carbocycles. The van der Waals surface area contributed by atoms with Crippen LogP contribution in [-0.2, 0) is 12.4 Å². The summed E-state index contributed by atoms with van der Waals surface area (Å²) >= 11 is 0. The van der Waals surface area contributed by atoms with E-state index in [0.29, 0.717) is 6.07 Å². The molecule has 0 aliphatic rings. The summed E-state index contributed by atoms with van der Waals surface area (Å²) in [5, 5.41) is 18.6. The molecule has 3 aromatic rings. The second-order valence-corrected chi connectivity index (χ2v) is 6.62. The van der Waals surface area contributed by atoms with Gasteiger partial charge in [-0.2, -0.15) is 26.3 Å². The Labute approximate surface area is 186 Å². The number of hydrogen-bond acceptors (Lipinski definition) is 4. The molecule has 0 radical (unpaired) electrons. The number of halogens is 6. The molecule has 34 heavy (non-hydrogen) atoms. The number of carboxylic acid groups (broad SMARTS) is 2. The van der Waals surface area contributed by atoms with Gasteiger partial charge in [-0.15, -0.1) is 0 Å². The van der Waals surface area contributed by atoms with Crippen molar-refractivity contribution in [3.8, 4) is 23.0 Å². The highest BCUT2D eigenvalue weighted by molar-refractivity contribution is 6.03. The first kappa shape index (κ1) is 24.4. The smallest absolute Gasteiger partial charge is 0.420 e. The topological polar surface area (TPSA) is 93.1 Å². The van der Waals surface area contributed by atoms with E-state index in [1.165, 1.54) is 24.3 Å². The maximum atomic E-state index is 13.9. The summed E-state index contributed by atoms with van der Waals surface area (Å²) < 4.78 is 92.4. The molecule has 0 aliphatic heterocycles. The number of benzene rings is 3. The fourth-order valence-electron chi connectivity index (χ4n) is 3.00. The normalized spacial score (nSPS) is 11.7. The molecule has 0 bridgehead atoms. The van der Waals surface area contributed by atoms with Crippen LogP contribution in [0.4, 0.5) is 26.3 Å². The van der Waals surface area contributed by atoms with Gasteiger partial charge in [0.1, 0.15) is 22.6 Å². The fraction of sp³-hybridized carbons (Fsp3) is 0.0909. The molecule has 0 saturated heterocycles. The molecule has 0 atom stereocenters. The van der Waals surface area contributed by atoms with Gasteiger partial charge in [0.05, 0.1) is 11.1 Å². The van der Waals surface area contributed by atoms with Crippen LogP contribution >= 0.6 is 0 Å². The van der Waals surface area contributed by atoms with E-state index in [0.717, 1.165) is 18.2 Å². The molecule has 178 valence electrons. The fourth-order valence-corrected chi connectivity index (χ4v) is 3.00. The van der Waals surface area contributed by atoms with Gasteiger partial charge < -0.3 is 19.7 Å². The molecule has 3 rings (SSSR count). The molecule has 3 aromatic carbocycles. The van der Waals surface area contributed by atoms with Gasteiger partial charge in [-0.3, -0.25) is 0 Å². The van der Waals surface area contributed by atoms with Crippen molar-refractivity contribution in [1.82, 2.24) is 0 Å². The van der Waals surface area contributed by atoms with Crippen LogP contribution in [0, 0.1) is 0 Å². The predicted molar refractivity (Wildman–Crippen MR) is 103 cm³/mol. The first-order chi connectivity index (χ1) is 15.8. The molecule has 0 aliphatic carbocycles. The molecule has 0 aromatic heterocycles. The summed E-state index contributed by atoms with van der Waals surface area (Å²) in [5.74, 6) is -6.93. The van der Waals surface area contributed by atoms with Crippen molar-refractivity contribution in [3.05, 3.63) is 82.9 Å². The summed E-state index contributed by atoms with van der Waals surface area (Å²) in [6.07, 6.45) is -11.1. The summed E-state index contributed by atoms with van der Waals surface area (Å²) in [5.41, 5.74) is -6.30. The zero-order valence-electron chi connectivity index (χ0n) is 16.6. The van der Waals surface area contributed by atoms with Crippen molar-refractivity contribution in [1.29, 1.82) is 0 Å². The van der Waals surface area contributed by atoms with E-state index < -0.39 is 63.8 Å². The number of hydrogen-bond donors (Lipinski definition) is 2. The van der Waals surface area contributed by atoms with E-state index in [4.69, 9.17) is 9.47 Å². The van der Waals surface area contributed by atoms with Gasteiger partial charge in [-0.05, 0) is 36.4 Å². The monoisotopic (exact) mass is 486 g/mol. The zero-order chi connectivity index (χ0) is 25.3. The average molecular weight is 486 g/mol. The number of para-hydroxylation sites is 1. The maximum Gasteiger partial charge on any atom is 0.420 e. The minimum Gasteiger partial charge on any atom is -0.478 e. The lowest BCUT2D eigenvalue weighted by Crippen LogP contribution is -2.18. The molecule has 6 nitrogen and oxygen atoms in total. The van der Waals surface area contributed by atoms with Gasteiger partial charge in [0.2, 0.25) is 0 Å². The molecule has 0 heterocycles. The van der Waals surface area contributed by atoms with Gasteiger partial charge in [0.25, 0.3) is 0 Å². The predicted octanol–water partition coefficient (Wildman–Crippen LogP) is 6.71. The Balaban J connectivity index is 2.33. The van der Waals surface area contributed by atoms with Crippen LogP contribution in [0.15, 0.2) is 60.7 Å². The number of alkyl halides is 6. The summed E-state index contributed by atoms with van der Waals surface area (Å²) in [6.45, 7) is 0. The molecule has 12 heteroatoms. The lowest BCUT2D eigenvalue weighted by molar-refractivity contribution is -0.162. The van der Waals surface area contributed by atoms with Crippen LogP contribution in [0.1, 0.15) is 31.8 Å². The Morgan fingerprint density at radius 3 is 1.85 bits per heavy atom. The summed E-state index contributed by atoms with van der Waals surface area (Å²) in [4.78, 5) is 23.0. The average Bonchev–Trinajstić information content (AvgIpc) is 2.73. The molecule has 0 unspecified atom stereocenters. The van der Waals surface area contributed by atoms with Crippen molar-refractivity contribution in [2.75, 3.05) is 0 Å². The second kappa shape index (κ2) is 8.96. The second-order valence-electron chi connectivity index (χ2n) is 6.62. The van der Waals surface area contributed by atoms with Crippen LogP contribution in [0.5, 0.6) is 23.0 Å². The molecule has 0 fully saturated rings. The highest BCUT2D eigenvalue weighted by Crippen LogP contribution is 2.51. The lowest BCUT2D eigenvalue weighted by atomic mass is 10.0. The Hall–Kier alpha value is -4.22. The van der Waals surface area contributed by atoms with Gasteiger partial charge in [0, 0.05) is 0 Å². The van der Waals surface area contributed by atoms with Crippen LogP contribution in [0.25, 0.3) is 0 Å². The molecule has 0 amide bonds. The van der Waals surface area contributed by atoms with E-state index in [1.54, 1.807) is 6.07 Å². The van der Waals surface area contributed by atoms with Crippen LogP contribution in [-0.4, -0.2) is 22.2 Å². The maximum absolute atomic E-state index is 13.9. The number of ether oxygens (including phenoxy) is 2. The molecular formula is C22H12F6O6. The SMILES string of the molecule is O=C(O)c1cccc(Oc2c(Oc3ccccc3)ccc(C(F)(F)F)c2C(F)(F)F)c1C(=O)O. The number of carboxylic acids is 2. The van der Waals surface area contributed by atoms with Crippen LogP contribution in [0.3, 0.4) is 0 Å². The first-order valence-electron chi connectivity index (χ1n) is 9.12. The number of carbonyl (C=O) groups is 2. The van der Waals surface area contributed by atoms with E-state index in [2.05, 4.69) is 0 Å². The Bertz CT molecular complexity index is 1240. The van der Waals surface area contributed by atoms with E-state index in [-0.39, 0.29) is 11.8 Å². The van der Waals surface area contributed by atoms with Gasteiger partial charge in [-0.1, -0.05) is 24.3 Å². The molecular weight excluding hydrogens is 474 g/mol. The standard InChI is InChI=1S/C22H12F6O6/c23-21(24,25)13-9-10-15(33-11-5-2-1-3-6-11)18(17(13)22(26,27)28)34-14-8-4-7-12(19(29)30)16(14)20(31)32/h1-10H,(H,29,30)(H,31,32). The van der Waals surface area contributed by atoms with Crippen molar-refractivity contribution in [2.45, 2.75) is 12.4 Å². The quantitative estimate of drug-likeness (QED) is 0.377. The number of aromatic carboxylic acids is 2. The van der Waals surface area contributed by atoms with E-state index in [1.807, 2.05) is 0 Å². The number of rotatable bonds is 6. The third kappa shape index (κ3) is 5.05. The highest BCUT2D eigenvalue weighted by Gasteiger charge is 2.47. The Morgan fingerprint density at radius 1 is 0.676 bits per heavy atom. The van der Waals surface area contributed by atoms with Crippen molar-refractivity contribution in [2.24, 2.45) is 0 Å². The third-order valence-electron chi connectivity index (χ3n) is 4.36. The largest absolute Gasteiger partial charge is 0.478 e. The summed E-state index contributed by atoms with van der Waals surface area (Å²) in [6, 6.07) is 10.4. The van der Waals surface area contributed by atoms with E-state index in [9.17, 15) is 46.1 Å². The molecule has 0 spiro atoms. The highest BCUT2D eigenvalue weighted by atomic mass is 19.4. The van der Waals surface area contributed by atoms with Crippen molar-refractivity contribution in [3.63, 3.8) is 0 Å². The Kier molecular flexibility index (Phi) is 6.44. The van der Waals surface area contributed by atoms with E-state index >= 15 is 0 Å². The van der Waals surface area contributed by atoms with Gasteiger partial charge >= 0.3 is 24.3 Å². The van der Waals surface area contributed by atoms with Gasteiger partial charge in [-0.25, -0.2) is 9.59 Å². The van der Waals surface area contributed by atoms with Crippen LogP contribution in [0.2, 0.25) is 0 Å². The minimum atomic E-state index is -5.62. The molecule has 2 N–H and O–H groups in total. The van der Waals surface area contributed by atoms with Crippen molar-refractivity contribution < 1.29 is 55.6 Å². The first-order valence-corrected chi connectivity index (χ1v) is 9.12. The zero-order valence-corrected chi connectivity index (χ0v) is 16.6. The van der Waals surface area contributed by atoms with Crippen molar-refractivity contribution >= 4 is 11.9 Å². The summed E-state index contributed by atoms with van der Waals surface area (Å²) in [7, 11) is 0. The third-order valence-corrected chi connectivity index (χ3v) is 4.36. The lowest BCUT2D eigenvalue weighted by Gasteiger charge is -2.22. The Morgan fingerprint density at radius 2 is 1.32 bits per heavy atom.